The number of nitrogens with zero attached hydrogens (tertiary/aromatic N) is 4. The number of fused-ring (bicyclic) bond motifs is 1. The summed E-state index contributed by atoms with van der Waals surface area (Å²) >= 11 is 0. The van der Waals surface area contributed by atoms with Gasteiger partial charge in [0.15, 0.2) is 11.5 Å². The van der Waals surface area contributed by atoms with Gasteiger partial charge in [-0.2, -0.15) is 0 Å². The Labute approximate surface area is 121 Å². The van der Waals surface area contributed by atoms with Crippen molar-refractivity contribution >= 4 is 0 Å². The Morgan fingerprint density at radius 1 is 1.19 bits per heavy atom. The van der Waals surface area contributed by atoms with Gasteiger partial charge in [-0.05, 0) is 19.1 Å². The average molecular weight is 282 g/mol. The highest BCUT2D eigenvalue weighted by atomic mass is 16.7. The molecule has 0 atom stereocenters. The molecule has 2 aromatic heterocycles. The van der Waals surface area contributed by atoms with Crippen LogP contribution in [-0.2, 0) is 6.54 Å². The summed E-state index contributed by atoms with van der Waals surface area (Å²) in [4.78, 5) is 8.66. The molecule has 3 heterocycles. The second-order valence-electron chi connectivity index (χ2n) is 4.91. The summed E-state index contributed by atoms with van der Waals surface area (Å²) in [6.45, 7) is 2.98. The summed E-state index contributed by atoms with van der Waals surface area (Å²) in [6, 6.07) is 5.86. The van der Waals surface area contributed by atoms with Gasteiger partial charge in [0.25, 0.3) is 0 Å². The van der Waals surface area contributed by atoms with Gasteiger partial charge in [-0.15, -0.1) is 0 Å². The van der Waals surface area contributed by atoms with Gasteiger partial charge in [-0.3, -0.25) is 0 Å². The van der Waals surface area contributed by atoms with E-state index in [1.165, 1.54) is 0 Å². The van der Waals surface area contributed by atoms with Gasteiger partial charge in [-0.1, -0.05) is 0 Å². The molecule has 1 aliphatic heterocycles. The lowest BCUT2D eigenvalue weighted by molar-refractivity contribution is 0.174. The van der Waals surface area contributed by atoms with Crippen LogP contribution >= 0.6 is 0 Å². The van der Waals surface area contributed by atoms with Gasteiger partial charge in [0.2, 0.25) is 6.79 Å². The van der Waals surface area contributed by atoms with Crippen LogP contribution in [0.1, 0.15) is 11.5 Å². The molecule has 0 aliphatic carbocycles. The highest BCUT2D eigenvalue weighted by Gasteiger charge is 2.14. The molecule has 0 saturated heterocycles. The van der Waals surface area contributed by atoms with Crippen molar-refractivity contribution in [2.45, 2.75) is 13.5 Å². The van der Waals surface area contributed by atoms with Gasteiger partial charge in [0.1, 0.15) is 5.82 Å². The lowest BCUT2D eigenvalue weighted by atomic mass is 10.3. The molecule has 0 saturated carbocycles. The van der Waals surface area contributed by atoms with Crippen LogP contribution in [0.4, 0.5) is 0 Å². The molecule has 4 rings (SSSR count). The standard InChI is InChI=1S/C15H14N4O2/c1-11-16-4-5-18(11)7-12-8-19(9-17-12)13-2-3-14-15(6-13)21-10-20-14/h2-6,8-9H,7,10H2,1H3. The number of benzene rings is 1. The molecule has 0 fully saturated rings. The molecule has 0 amide bonds. The van der Waals surface area contributed by atoms with E-state index >= 15 is 0 Å². The Morgan fingerprint density at radius 3 is 2.95 bits per heavy atom. The summed E-state index contributed by atoms with van der Waals surface area (Å²) in [5.74, 6) is 2.54. The fraction of sp³-hybridized carbons (Fsp3) is 0.200. The molecule has 21 heavy (non-hydrogen) atoms. The normalized spacial score (nSPS) is 12.8. The number of rotatable bonds is 3. The van der Waals surface area contributed by atoms with E-state index in [1.54, 1.807) is 12.5 Å². The Kier molecular flexibility index (Phi) is 2.67. The van der Waals surface area contributed by atoms with Crippen molar-refractivity contribution < 1.29 is 9.47 Å². The number of hydrogen-bond acceptors (Lipinski definition) is 4. The predicted octanol–water partition coefficient (Wildman–Crippen LogP) is 2.15. The Bertz CT molecular complexity index is 791. The van der Waals surface area contributed by atoms with Crippen LogP contribution in [0.3, 0.4) is 0 Å². The lowest BCUT2D eigenvalue weighted by Crippen LogP contribution is -2.00. The minimum atomic E-state index is 0.286. The van der Waals surface area contributed by atoms with Crippen molar-refractivity contribution in [1.29, 1.82) is 0 Å². The van der Waals surface area contributed by atoms with Crippen LogP contribution in [0, 0.1) is 6.92 Å². The first kappa shape index (κ1) is 12.0. The third kappa shape index (κ3) is 2.14. The molecule has 0 N–H and O–H groups in total. The fourth-order valence-corrected chi connectivity index (χ4v) is 2.38. The molecule has 0 unspecified atom stereocenters. The number of imidazole rings is 2. The minimum absolute atomic E-state index is 0.286. The zero-order valence-electron chi connectivity index (χ0n) is 11.6. The molecular formula is C15H14N4O2. The van der Waals surface area contributed by atoms with Gasteiger partial charge < -0.3 is 18.6 Å². The Balaban J connectivity index is 1.61. The number of ether oxygens (including phenoxy) is 2. The molecule has 1 aromatic carbocycles. The second-order valence-corrected chi connectivity index (χ2v) is 4.91. The first-order chi connectivity index (χ1) is 10.3. The second kappa shape index (κ2) is 4.66. The summed E-state index contributed by atoms with van der Waals surface area (Å²) in [6.07, 6.45) is 7.56. The van der Waals surface area contributed by atoms with Crippen molar-refractivity contribution in [2.75, 3.05) is 6.79 Å². The number of aromatic nitrogens is 4. The largest absolute Gasteiger partial charge is 0.454 e. The fourth-order valence-electron chi connectivity index (χ4n) is 2.38. The molecule has 1 aliphatic rings. The highest BCUT2D eigenvalue weighted by Crippen LogP contribution is 2.33. The maximum Gasteiger partial charge on any atom is 0.231 e. The molecule has 6 nitrogen and oxygen atoms in total. The monoisotopic (exact) mass is 282 g/mol. The summed E-state index contributed by atoms with van der Waals surface area (Å²) in [5, 5.41) is 0. The Morgan fingerprint density at radius 2 is 2.10 bits per heavy atom. The molecule has 106 valence electrons. The smallest absolute Gasteiger partial charge is 0.231 e. The van der Waals surface area contributed by atoms with E-state index in [0.29, 0.717) is 6.54 Å². The van der Waals surface area contributed by atoms with Crippen molar-refractivity contribution in [3.8, 4) is 17.2 Å². The third-order valence-corrected chi connectivity index (χ3v) is 3.55. The van der Waals surface area contributed by atoms with Gasteiger partial charge >= 0.3 is 0 Å². The zero-order chi connectivity index (χ0) is 14.2. The van der Waals surface area contributed by atoms with Crippen LogP contribution in [0.25, 0.3) is 5.69 Å². The topological polar surface area (TPSA) is 54.1 Å². The molecule has 0 bridgehead atoms. The van der Waals surface area contributed by atoms with E-state index in [2.05, 4.69) is 14.5 Å². The van der Waals surface area contributed by atoms with Gasteiger partial charge in [0, 0.05) is 24.7 Å². The van der Waals surface area contributed by atoms with Crippen LogP contribution < -0.4 is 9.47 Å². The maximum atomic E-state index is 5.40. The SMILES string of the molecule is Cc1nccn1Cc1cn(-c2ccc3c(c2)OCO3)cn1. The summed E-state index contributed by atoms with van der Waals surface area (Å²) in [7, 11) is 0. The van der Waals surface area contributed by atoms with Crippen molar-refractivity contribution in [3.05, 3.63) is 54.6 Å². The van der Waals surface area contributed by atoms with E-state index < -0.39 is 0 Å². The summed E-state index contributed by atoms with van der Waals surface area (Å²) in [5.41, 5.74) is 1.98. The Hall–Kier alpha value is -2.76. The quantitative estimate of drug-likeness (QED) is 0.738. The van der Waals surface area contributed by atoms with E-state index in [-0.39, 0.29) is 6.79 Å². The van der Waals surface area contributed by atoms with Gasteiger partial charge in [0.05, 0.1) is 24.3 Å². The van der Waals surface area contributed by atoms with Crippen LogP contribution in [0.5, 0.6) is 11.5 Å². The van der Waals surface area contributed by atoms with E-state index in [1.807, 2.05) is 42.1 Å². The molecule has 0 radical (unpaired) electrons. The average Bonchev–Trinajstić information content (AvgIpc) is 3.20. The van der Waals surface area contributed by atoms with Crippen LogP contribution in [-0.4, -0.2) is 25.9 Å². The van der Waals surface area contributed by atoms with E-state index in [9.17, 15) is 0 Å². The van der Waals surface area contributed by atoms with Crippen molar-refractivity contribution in [2.24, 2.45) is 0 Å². The van der Waals surface area contributed by atoms with Crippen LogP contribution in [0.15, 0.2) is 43.1 Å². The van der Waals surface area contributed by atoms with Crippen molar-refractivity contribution in [3.63, 3.8) is 0 Å². The maximum absolute atomic E-state index is 5.40. The van der Waals surface area contributed by atoms with Crippen molar-refractivity contribution in [1.82, 2.24) is 19.1 Å². The van der Waals surface area contributed by atoms with Gasteiger partial charge in [-0.25, -0.2) is 9.97 Å². The molecule has 3 aromatic rings. The number of aryl methyl sites for hydroxylation is 1. The first-order valence-corrected chi connectivity index (χ1v) is 6.70. The predicted molar refractivity (Wildman–Crippen MR) is 75.8 cm³/mol. The number of hydrogen-bond donors (Lipinski definition) is 0. The third-order valence-electron chi connectivity index (χ3n) is 3.55. The first-order valence-electron chi connectivity index (χ1n) is 6.70. The van der Waals surface area contributed by atoms with E-state index in [4.69, 9.17) is 9.47 Å². The highest BCUT2D eigenvalue weighted by molar-refractivity contribution is 5.50. The lowest BCUT2D eigenvalue weighted by Gasteiger charge is -2.03. The minimum Gasteiger partial charge on any atom is -0.454 e. The van der Waals surface area contributed by atoms with Crippen LogP contribution in [0.2, 0.25) is 0 Å². The summed E-state index contributed by atoms with van der Waals surface area (Å²) < 4.78 is 14.8. The van der Waals surface area contributed by atoms with E-state index in [0.717, 1.165) is 28.7 Å². The molecular weight excluding hydrogens is 268 g/mol. The molecule has 6 heteroatoms. The zero-order valence-corrected chi connectivity index (χ0v) is 11.6. The molecule has 0 spiro atoms.